The van der Waals surface area contributed by atoms with Gasteiger partial charge in [-0.1, -0.05) is 30.3 Å². The summed E-state index contributed by atoms with van der Waals surface area (Å²) in [5.74, 6) is -7.30. The van der Waals surface area contributed by atoms with Gasteiger partial charge < -0.3 is 31.1 Å². The van der Waals surface area contributed by atoms with Crippen molar-refractivity contribution in [2.24, 2.45) is 0 Å². The lowest BCUT2D eigenvalue weighted by atomic mass is 9.82. The second-order valence-electron chi connectivity index (χ2n) is 5.17. The zero-order valence-electron chi connectivity index (χ0n) is 14.1. The van der Waals surface area contributed by atoms with Crippen molar-refractivity contribution in [2.45, 2.75) is 18.4 Å². The smallest absolute Gasteiger partial charge is 0.414 e. The van der Waals surface area contributed by atoms with Crippen LogP contribution in [0.15, 0.2) is 30.3 Å². The molecule has 0 amide bonds. The highest BCUT2D eigenvalue weighted by atomic mass is 16.4. The van der Waals surface area contributed by atoms with Crippen LogP contribution in [-0.4, -0.2) is 64.4 Å². The summed E-state index contributed by atoms with van der Waals surface area (Å²) >= 11 is 0. The second kappa shape index (κ2) is 11.6. The lowest BCUT2D eigenvalue weighted by Gasteiger charge is -2.38. The number of piperidine rings is 1. The van der Waals surface area contributed by atoms with Gasteiger partial charge in [0, 0.05) is 5.54 Å². The molecule has 10 nitrogen and oxygen atoms in total. The summed E-state index contributed by atoms with van der Waals surface area (Å²) in [5, 5.41) is 36.5. The van der Waals surface area contributed by atoms with E-state index in [1.165, 1.54) is 18.4 Å². The monoisotopic (exact) mass is 370 g/mol. The highest BCUT2D eigenvalue weighted by Gasteiger charge is 2.31. The van der Waals surface area contributed by atoms with Crippen LogP contribution in [0, 0.1) is 0 Å². The highest BCUT2D eigenvalue weighted by molar-refractivity contribution is 6.27. The predicted octanol–water partition coefficient (Wildman–Crippen LogP) is -0.204. The molecule has 1 aromatic carbocycles. The summed E-state index contributed by atoms with van der Waals surface area (Å²) in [6.07, 6.45) is 2.35. The Labute approximate surface area is 149 Å². The number of benzene rings is 1. The maximum Gasteiger partial charge on any atom is 0.414 e. The normalized spacial score (nSPS) is 14.5. The van der Waals surface area contributed by atoms with Gasteiger partial charge in [-0.15, -0.1) is 0 Å². The summed E-state index contributed by atoms with van der Waals surface area (Å²) in [6.45, 7) is 2.21. The topological polar surface area (TPSA) is 173 Å². The summed E-state index contributed by atoms with van der Waals surface area (Å²) in [4.78, 5) is 36.4. The van der Waals surface area contributed by atoms with Crippen LogP contribution in [0.4, 0.5) is 0 Å². The van der Waals surface area contributed by atoms with Crippen LogP contribution >= 0.6 is 0 Å². The van der Waals surface area contributed by atoms with Crippen molar-refractivity contribution in [3.05, 3.63) is 35.9 Å². The minimum absolute atomic E-state index is 0.201. The quantitative estimate of drug-likeness (QED) is 0.382. The van der Waals surface area contributed by atoms with E-state index in [0.717, 1.165) is 13.1 Å². The molecule has 1 heterocycles. The van der Waals surface area contributed by atoms with Gasteiger partial charge in [0.15, 0.2) is 0 Å². The Kier molecular flexibility index (Phi) is 10.2. The molecule has 1 aliphatic rings. The number of rotatable bonds is 2. The van der Waals surface area contributed by atoms with Crippen molar-refractivity contribution in [3.63, 3.8) is 0 Å². The first-order chi connectivity index (χ1) is 12.2. The third kappa shape index (κ3) is 8.22. The van der Waals surface area contributed by atoms with Crippen LogP contribution < -0.4 is 10.6 Å². The molecule has 0 unspecified atom stereocenters. The van der Waals surface area contributed by atoms with Gasteiger partial charge in [-0.2, -0.15) is 0 Å². The van der Waals surface area contributed by atoms with E-state index in [1.807, 2.05) is 0 Å². The number of carbonyl (C=O) groups is 4. The highest BCUT2D eigenvalue weighted by Crippen LogP contribution is 2.29. The van der Waals surface area contributed by atoms with Crippen molar-refractivity contribution >= 4 is 23.9 Å². The first-order valence-electron chi connectivity index (χ1n) is 7.54. The molecule has 2 rings (SSSR count). The molecule has 0 spiro atoms. The molecule has 10 heteroatoms. The molecular weight excluding hydrogens is 348 g/mol. The Hall–Kier alpha value is -2.98. The number of carboxylic acid groups (broad SMARTS) is 4. The fourth-order valence-corrected chi connectivity index (χ4v) is 2.29. The molecule has 26 heavy (non-hydrogen) atoms. The lowest BCUT2D eigenvalue weighted by molar-refractivity contribution is -0.159. The van der Waals surface area contributed by atoms with Crippen LogP contribution in [0.1, 0.15) is 18.4 Å². The molecule has 0 bridgehead atoms. The third-order valence-corrected chi connectivity index (χ3v) is 3.63. The van der Waals surface area contributed by atoms with Gasteiger partial charge in [0.2, 0.25) is 0 Å². The van der Waals surface area contributed by atoms with E-state index in [-0.39, 0.29) is 5.54 Å². The summed E-state index contributed by atoms with van der Waals surface area (Å²) in [7, 11) is 2.07. The van der Waals surface area contributed by atoms with Crippen LogP contribution in [-0.2, 0) is 24.7 Å². The fraction of sp³-hybridized carbons (Fsp3) is 0.375. The first kappa shape index (κ1) is 23.0. The molecule has 1 aromatic rings. The van der Waals surface area contributed by atoms with Gasteiger partial charge >= 0.3 is 23.9 Å². The van der Waals surface area contributed by atoms with Crippen LogP contribution in [0.3, 0.4) is 0 Å². The molecule has 0 saturated carbocycles. The molecule has 0 aliphatic carbocycles. The van der Waals surface area contributed by atoms with Crippen molar-refractivity contribution < 1.29 is 39.6 Å². The molecule has 0 aromatic heterocycles. The number of nitrogens with one attached hydrogen (secondary N) is 2. The standard InChI is InChI=1S/C12H18N2.2C2H2O4/c1-13-12(7-9-14-10-8-12)11-5-3-2-4-6-11;2*3-1(4)2(5)6/h2-6,13-14H,7-10H2,1H3;2*(H,3,4)(H,5,6). The first-order valence-corrected chi connectivity index (χ1v) is 7.54. The molecule has 0 atom stereocenters. The van der Waals surface area contributed by atoms with E-state index in [1.54, 1.807) is 0 Å². The van der Waals surface area contributed by atoms with Gasteiger partial charge in [0.05, 0.1) is 0 Å². The van der Waals surface area contributed by atoms with E-state index >= 15 is 0 Å². The van der Waals surface area contributed by atoms with E-state index in [4.69, 9.17) is 39.6 Å². The minimum Gasteiger partial charge on any atom is -0.473 e. The molecule has 1 fully saturated rings. The molecule has 1 saturated heterocycles. The van der Waals surface area contributed by atoms with E-state index < -0.39 is 23.9 Å². The molecule has 0 radical (unpaired) electrons. The van der Waals surface area contributed by atoms with E-state index in [9.17, 15) is 0 Å². The molecule has 1 aliphatic heterocycles. The number of hydrogen-bond acceptors (Lipinski definition) is 6. The van der Waals surface area contributed by atoms with Crippen LogP contribution in [0.25, 0.3) is 0 Å². The predicted molar refractivity (Wildman–Crippen MR) is 89.8 cm³/mol. The van der Waals surface area contributed by atoms with Crippen molar-refractivity contribution in [1.29, 1.82) is 0 Å². The maximum absolute atomic E-state index is 9.10. The Morgan fingerprint density at radius 2 is 1.23 bits per heavy atom. The number of carboxylic acids is 4. The van der Waals surface area contributed by atoms with E-state index in [0.29, 0.717) is 0 Å². The van der Waals surface area contributed by atoms with Crippen molar-refractivity contribution in [1.82, 2.24) is 10.6 Å². The zero-order chi connectivity index (χ0) is 20.2. The number of hydrogen-bond donors (Lipinski definition) is 6. The van der Waals surface area contributed by atoms with Gasteiger partial charge in [0.25, 0.3) is 0 Å². The Morgan fingerprint density at radius 1 is 0.846 bits per heavy atom. The Balaban J connectivity index is 0.000000437. The average Bonchev–Trinajstić information content (AvgIpc) is 2.64. The van der Waals surface area contributed by atoms with Gasteiger partial charge in [-0.3, -0.25) is 0 Å². The number of aliphatic carboxylic acids is 4. The lowest BCUT2D eigenvalue weighted by Crippen LogP contribution is -2.48. The van der Waals surface area contributed by atoms with Gasteiger partial charge in [-0.05, 0) is 38.5 Å². The second-order valence-corrected chi connectivity index (χ2v) is 5.17. The van der Waals surface area contributed by atoms with E-state index in [2.05, 4.69) is 48.0 Å². The Morgan fingerprint density at radius 3 is 1.54 bits per heavy atom. The Bertz CT molecular complexity index is 564. The van der Waals surface area contributed by atoms with Crippen molar-refractivity contribution in [3.8, 4) is 0 Å². The SMILES string of the molecule is CNC1(c2ccccc2)CCNCC1.O=C(O)C(=O)O.O=C(O)C(=O)O. The van der Waals surface area contributed by atoms with Gasteiger partial charge in [0.1, 0.15) is 0 Å². The van der Waals surface area contributed by atoms with Gasteiger partial charge in [-0.25, -0.2) is 19.2 Å². The fourth-order valence-electron chi connectivity index (χ4n) is 2.29. The maximum atomic E-state index is 9.10. The third-order valence-electron chi connectivity index (χ3n) is 3.63. The molecule has 144 valence electrons. The minimum atomic E-state index is -1.82. The van der Waals surface area contributed by atoms with Crippen LogP contribution in [0.5, 0.6) is 0 Å². The average molecular weight is 370 g/mol. The summed E-state index contributed by atoms with van der Waals surface area (Å²) in [5.41, 5.74) is 1.62. The summed E-state index contributed by atoms with van der Waals surface area (Å²) in [6, 6.07) is 10.8. The summed E-state index contributed by atoms with van der Waals surface area (Å²) < 4.78 is 0. The van der Waals surface area contributed by atoms with Crippen molar-refractivity contribution in [2.75, 3.05) is 20.1 Å². The van der Waals surface area contributed by atoms with Crippen LogP contribution in [0.2, 0.25) is 0 Å². The molecular formula is C16H22N2O8. The molecule has 6 N–H and O–H groups in total. The zero-order valence-corrected chi connectivity index (χ0v) is 14.1. The largest absolute Gasteiger partial charge is 0.473 e.